The molecule has 1 amide bonds. The molecule has 2 aromatic rings. The Morgan fingerprint density at radius 3 is 2.48 bits per heavy atom. The van der Waals surface area contributed by atoms with Gasteiger partial charge in [-0.05, 0) is 48.9 Å². The fourth-order valence-electron chi connectivity index (χ4n) is 1.94. The fraction of sp³-hybridized carbons (Fsp3) is 0.188. The lowest BCUT2D eigenvalue weighted by Gasteiger charge is -2.08. The minimum atomic E-state index is -3.47. The number of primary amides is 1. The Bertz CT molecular complexity index is 788. The number of hydrogen-bond donors (Lipinski definition) is 1. The van der Waals surface area contributed by atoms with Gasteiger partial charge in [-0.3, -0.25) is 4.79 Å². The average Bonchev–Trinajstić information content (AvgIpc) is 2.52. The Morgan fingerprint density at radius 2 is 1.83 bits per heavy atom. The molecule has 0 spiro atoms. The fourth-order valence-corrected chi connectivity index (χ4v) is 3.22. The number of nitrogens with two attached hydrogens (primary N) is 1. The van der Waals surface area contributed by atoms with Gasteiger partial charge < -0.3 is 10.5 Å². The van der Waals surface area contributed by atoms with Crippen LogP contribution in [-0.2, 0) is 9.84 Å². The Morgan fingerprint density at radius 1 is 1.13 bits per heavy atom. The van der Waals surface area contributed by atoms with E-state index >= 15 is 0 Å². The number of halogens is 1. The molecule has 0 fully saturated rings. The number of sulfone groups is 1. The highest BCUT2D eigenvalue weighted by Gasteiger charge is 2.14. The lowest BCUT2D eigenvalue weighted by molar-refractivity contribution is 0.1000. The van der Waals surface area contributed by atoms with Gasteiger partial charge in [0.1, 0.15) is 11.6 Å². The number of amides is 1. The second kappa shape index (κ2) is 7.23. The zero-order chi connectivity index (χ0) is 16.9. The number of benzene rings is 2. The van der Waals surface area contributed by atoms with Gasteiger partial charge in [-0.2, -0.15) is 0 Å². The molecule has 2 N–H and O–H groups in total. The van der Waals surface area contributed by atoms with Crippen molar-refractivity contribution >= 4 is 15.7 Å². The molecule has 0 aliphatic rings. The molecular weight excluding hydrogens is 321 g/mol. The van der Waals surface area contributed by atoms with Crippen molar-refractivity contribution in [2.24, 2.45) is 5.73 Å². The minimum absolute atomic E-state index is 0.0784. The van der Waals surface area contributed by atoms with E-state index in [-0.39, 0.29) is 23.7 Å². The van der Waals surface area contributed by atoms with E-state index in [1.807, 2.05) is 0 Å². The topological polar surface area (TPSA) is 86.5 Å². The molecule has 0 saturated carbocycles. The van der Waals surface area contributed by atoms with Crippen molar-refractivity contribution in [2.75, 3.05) is 12.4 Å². The molecule has 2 aromatic carbocycles. The van der Waals surface area contributed by atoms with Gasteiger partial charge in [0.2, 0.25) is 5.91 Å². The normalized spacial score (nSPS) is 11.2. The second-order valence-corrected chi connectivity index (χ2v) is 6.98. The molecule has 0 bridgehead atoms. The second-order valence-electron chi connectivity index (χ2n) is 4.87. The highest BCUT2D eigenvalue weighted by molar-refractivity contribution is 7.91. The van der Waals surface area contributed by atoms with Crippen LogP contribution in [0.25, 0.3) is 0 Å². The summed E-state index contributed by atoms with van der Waals surface area (Å²) in [7, 11) is -3.47. The van der Waals surface area contributed by atoms with Gasteiger partial charge in [0.05, 0.1) is 17.3 Å². The maximum absolute atomic E-state index is 12.8. The average molecular weight is 337 g/mol. The zero-order valence-corrected chi connectivity index (χ0v) is 13.1. The van der Waals surface area contributed by atoms with E-state index < -0.39 is 21.6 Å². The van der Waals surface area contributed by atoms with Crippen molar-refractivity contribution in [3.05, 3.63) is 59.9 Å². The van der Waals surface area contributed by atoms with Gasteiger partial charge in [0, 0.05) is 5.56 Å². The van der Waals surface area contributed by atoms with Gasteiger partial charge in [-0.25, -0.2) is 12.8 Å². The van der Waals surface area contributed by atoms with Crippen LogP contribution in [-0.4, -0.2) is 26.7 Å². The Balaban J connectivity index is 1.88. The number of hydrogen-bond acceptors (Lipinski definition) is 4. The lowest BCUT2D eigenvalue weighted by atomic mass is 10.2. The van der Waals surface area contributed by atoms with Crippen LogP contribution in [0.15, 0.2) is 53.4 Å². The number of carbonyl (C=O) groups is 1. The van der Waals surface area contributed by atoms with E-state index in [1.54, 1.807) is 18.2 Å². The van der Waals surface area contributed by atoms with E-state index in [0.717, 1.165) is 12.1 Å². The van der Waals surface area contributed by atoms with Crippen molar-refractivity contribution in [2.45, 2.75) is 11.3 Å². The number of carbonyl (C=O) groups excluding carboxylic acids is 1. The first-order valence-electron chi connectivity index (χ1n) is 6.89. The quantitative estimate of drug-likeness (QED) is 0.620. The standard InChI is InChI=1S/C16H16FNO4S/c17-13-5-7-15(8-6-13)23(20,21)10-2-9-22-14-4-1-3-12(11-14)16(18)19/h1,3-8,11H,2,9-10H2,(H2,18,19). The van der Waals surface area contributed by atoms with E-state index in [0.29, 0.717) is 11.3 Å². The summed E-state index contributed by atoms with van der Waals surface area (Å²) >= 11 is 0. The molecule has 0 saturated heterocycles. The number of ether oxygens (including phenoxy) is 1. The van der Waals surface area contributed by atoms with Crippen molar-refractivity contribution in [1.82, 2.24) is 0 Å². The van der Waals surface area contributed by atoms with Crippen LogP contribution < -0.4 is 10.5 Å². The summed E-state index contributed by atoms with van der Waals surface area (Å²) in [4.78, 5) is 11.1. The summed E-state index contributed by atoms with van der Waals surface area (Å²) in [5, 5.41) is 0. The summed E-state index contributed by atoms with van der Waals surface area (Å²) in [5.41, 5.74) is 5.49. The SMILES string of the molecule is NC(=O)c1cccc(OCCCS(=O)(=O)c2ccc(F)cc2)c1. The third kappa shape index (κ3) is 4.79. The largest absolute Gasteiger partial charge is 0.494 e. The molecule has 0 radical (unpaired) electrons. The molecule has 23 heavy (non-hydrogen) atoms. The van der Waals surface area contributed by atoms with Gasteiger partial charge in [-0.1, -0.05) is 6.07 Å². The predicted octanol–water partition coefficient (Wildman–Crippen LogP) is 2.17. The predicted molar refractivity (Wildman–Crippen MR) is 83.5 cm³/mol. The Kier molecular flexibility index (Phi) is 5.33. The van der Waals surface area contributed by atoms with Crippen LogP contribution in [0, 0.1) is 5.82 Å². The first-order chi connectivity index (χ1) is 10.9. The molecule has 0 unspecified atom stereocenters. The molecule has 0 aromatic heterocycles. The molecule has 5 nitrogen and oxygen atoms in total. The van der Waals surface area contributed by atoms with Crippen molar-refractivity contribution < 1.29 is 22.3 Å². The molecule has 7 heteroatoms. The zero-order valence-electron chi connectivity index (χ0n) is 12.2. The van der Waals surface area contributed by atoms with Gasteiger partial charge >= 0.3 is 0 Å². The van der Waals surface area contributed by atoms with Crippen molar-refractivity contribution in [3.8, 4) is 5.75 Å². The maximum atomic E-state index is 12.8. The third-order valence-corrected chi connectivity index (χ3v) is 4.93. The van der Waals surface area contributed by atoms with E-state index in [1.165, 1.54) is 18.2 Å². The van der Waals surface area contributed by atoms with E-state index in [9.17, 15) is 17.6 Å². The van der Waals surface area contributed by atoms with Crippen LogP contribution in [0.2, 0.25) is 0 Å². The molecule has 2 rings (SSSR count). The summed E-state index contributed by atoms with van der Waals surface area (Å²) in [6.07, 6.45) is 0.264. The van der Waals surface area contributed by atoms with Crippen LogP contribution in [0.5, 0.6) is 5.75 Å². The first-order valence-corrected chi connectivity index (χ1v) is 8.55. The summed E-state index contributed by atoms with van der Waals surface area (Å²) in [6, 6.07) is 11.0. The molecule has 0 aliphatic carbocycles. The maximum Gasteiger partial charge on any atom is 0.248 e. The van der Waals surface area contributed by atoms with Crippen molar-refractivity contribution in [3.63, 3.8) is 0 Å². The minimum Gasteiger partial charge on any atom is -0.494 e. The third-order valence-electron chi connectivity index (χ3n) is 3.12. The lowest BCUT2D eigenvalue weighted by Crippen LogP contribution is -2.12. The van der Waals surface area contributed by atoms with Crippen LogP contribution >= 0.6 is 0 Å². The van der Waals surface area contributed by atoms with Crippen molar-refractivity contribution in [1.29, 1.82) is 0 Å². The van der Waals surface area contributed by atoms with E-state index in [4.69, 9.17) is 10.5 Å². The molecule has 122 valence electrons. The van der Waals surface area contributed by atoms with Crippen LogP contribution in [0.3, 0.4) is 0 Å². The highest BCUT2D eigenvalue weighted by atomic mass is 32.2. The Labute approximate surface area is 133 Å². The van der Waals surface area contributed by atoms with Gasteiger partial charge in [0.25, 0.3) is 0 Å². The highest BCUT2D eigenvalue weighted by Crippen LogP contribution is 2.15. The summed E-state index contributed by atoms with van der Waals surface area (Å²) < 4.78 is 42.3. The smallest absolute Gasteiger partial charge is 0.248 e. The molecular formula is C16H16FNO4S. The first kappa shape index (κ1) is 17.0. The molecule has 0 atom stereocenters. The Hall–Kier alpha value is -2.41. The molecule has 0 heterocycles. The van der Waals surface area contributed by atoms with E-state index in [2.05, 4.69) is 0 Å². The van der Waals surface area contributed by atoms with Crippen LogP contribution in [0.1, 0.15) is 16.8 Å². The summed E-state index contributed by atoms with van der Waals surface area (Å²) in [6.45, 7) is 0.169. The summed E-state index contributed by atoms with van der Waals surface area (Å²) in [5.74, 6) is -0.717. The van der Waals surface area contributed by atoms with Gasteiger partial charge in [0.15, 0.2) is 9.84 Å². The van der Waals surface area contributed by atoms with Crippen LogP contribution in [0.4, 0.5) is 4.39 Å². The number of rotatable bonds is 7. The molecule has 0 aliphatic heterocycles. The monoisotopic (exact) mass is 337 g/mol. The van der Waals surface area contributed by atoms with Gasteiger partial charge in [-0.15, -0.1) is 0 Å².